The molecule has 1 atom stereocenters. The molecular formula is C29H26Cl2N2O3. The zero-order valence-corrected chi connectivity index (χ0v) is 21.5. The van der Waals surface area contributed by atoms with E-state index in [0.29, 0.717) is 38.9 Å². The van der Waals surface area contributed by atoms with Crippen molar-refractivity contribution in [3.63, 3.8) is 0 Å². The molecule has 1 amide bonds. The Balaban J connectivity index is 1.60. The van der Waals surface area contributed by atoms with Gasteiger partial charge in [0.05, 0.1) is 39.9 Å². The Morgan fingerprint density at radius 3 is 2.53 bits per heavy atom. The highest BCUT2D eigenvalue weighted by Gasteiger charge is 2.19. The number of rotatable bonds is 7. The van der Waals surface area contributed by atoms with Gasteiger partial charge in [-0.05, 0) is 62.2 Å². The van der Waals surface area contributed by atoms with E-state index < -0.39 is 6.04 Å². The number of halogens is 2. The second-order valence-electron chi connectivity index (χ2n) is 8.64. The summed E-state index contributed by atoms with van der Waals surface area (Å²) in [5.74, 6) is 6.11. The molecule has 0 bridgehead atoms. The van der Waals surface area contributed by atoms with Crippen molar-refractivity contribution in [1.29, 1.82) is 0 Å². The summed E-state index contributed by atoms with van der Waals surface area (Å²) in [6.45, 7) is 3.57. The molecule has 36 heavy (non-hydrogen) atoms. The summed E-state index contributed by atoms with van der Waals surface area (Å²) in [6.07, 6.45) is 2.25. The van der Waals surface area contributed by atoms with Crippen LogP contribution in [0.3, 0.4) is 0 Å². The number of ether oxygens (including phenoxy) is 1. The number of carbonyl (C=O) groups excluding carboxylic acids is 1. The fraction of sp³-hybridized carbons (Fsp3) is 0.207. The number of carbonyl (C=O) groups is 1. The Morgan fingerprint density at radius 2 is 1.81 bits per heavy atom. The third kappa shape index (κ3) is 6.03. The first kappa shape index (κ1) is 25.7. The van der Waals surface area contributed by atoms with Crippen LogP contribution in [0.25, 0.3) is 10.9 Å². The van der Waals surface area contributed by atoms with Crippen molar-refractivity contribution in [1.82, 2.24) is 10.3 Å². The predicted molar refractivity (Wildman–Crippen MR) is 145 cm³/mol. The molecule has 1 heterocycles. The molecule has 0 spiro atoms. The minimum Gasteiger partial charge on any atom is -0.490 e. The number of para-hydroxylation sites is 1. The average molecular weight is 521 g/mol. The van der Waals surface area contributed by atoms with Crippen LogP contribution < -0.4 is 10.1 Å². The van der Waals surface area contributed by atoms with Gasteiger partial charge in [-0.3, -0.25) is 4.79 Å². The summed E-state index contributed by atoms with van der Waals surface area (Å²) in [4.78, 5) is 16.6. The number of H-pyrrole nitrogens is 1. The highest BCUT2D eigenvalue weighted by atomic mass is 35.5. The van der Waals surface area contributed by atoms with Crippen molar-refractivity contribution in [3.8, 4) is 17.6 Å². The highest BCUT2D eigenvalue weighted by Crippen LogP contribution is 2.25. The number of aliphatic hydroxyl groups is 1. The molecule has 0 saturated heterocycles. The SMILES string of the molecule is CC(C)Oc1ccc(C#Cc2c(Cl)cccc2Cl)cc1C(=O)N[C@@H](CO)Cc1c[nH]c2ccccc12. The summed E-state index contributed by atoms with van der Waals surface area (Å²) in [6, 6.07) is 17.8. The predicted octanol–water partition coefficient (Wildman–Crippen LogP) is 6.00. The van der Waals surface area contributed by atoms with E-state index in [9.17, 15) is 9.90 Å². The van der Waals surface area contributed by atoms with Crippen LogP contribution in [0.15, 0.2) is 66.9 Å². The molecular weight excluding hydrogens is 495 g/mol. The Morgan fingerprint density at radius 1 is 1.06 bits per heavy atom. The number of hydrogen-bond acceptors (Lipinski definition) is 3. The number of aromatic amines is 1. The van der Waals surface area contributed by atoms with Crippen LogP contribution in [0.1, 0.15) is 40.9 Å². The van der Waals surface area contributed by atoms with Gasteiger partial charge in [0.25, 0.3) is 5.91 Å². The van der Waals surface area contributed by atoms with Crippen LogP contribution in [0.2, 0.25) is 10.0 Å². The molecule has 0 aliphatic carbocycles. The lowest BCUT2D eigenvalue weighted by Gasteiger charge is -2.19. The molecule has 0 fully saturated rings. The first-order valence-corrected chi connectivity index (χ1v) is 12.3. The summed E-state index contributed by atoms with van der Waals surface area (Å²) < 4.78 is 5.88. The number of benzene rings is 3. The van der Waals surface area contributed by atoms with E-state index >= 15 is 0 Å². The van der Waals surface area contributed by atoms with E-state index in [1.165, 1.54) is 0 Å². The van der Waals surface area contributed by atoms with Crippen LogP contribution in [0, 0.1) is 11.8 Å². The van der Waals surface area contributed by atoms with Gasteiger partial charge in [0.2, 0.25) is 0 Å². The molecule has 0 radical (unpaired) electrons. The molecule has 7 heteroatoms. The van der Waals surface area contributed by atoms with Crippen LogP contribution in [-0.4, -0.2) is 34.8 Å². The quantitative estimate of drug-likeness (QED) is 0.262. The zero-order chi connectivity index (χ0) is 25.7. The average Bonchev–Trinajstić information content (AvgIpc) is 3.26. The van der Waals surface area contributed by atoms with Crippen molar-refractivity contribution in [2.24, 2.45) is 0 Å². The minimum atomic E-state index is -0.486. The standard InChI is InChI=1S/C29H26Cl2N2O3/c1-18(2)36-28-13-11-19(10-12-23-25(30)7-5-8-26(23)31)14-24(28)29(35)33-21(17-34)15-20-16-32-27-9-4-3-6-22(20)27/h3-9,11,13-14,16,18,21,32,34H,15,17H2,1-2H3,(H,33,35)/t21-/m1/s1. The first-order valence-electron chi connectivity index (χ1n) is 11.6. The molecule has 0 saturated carbocycles. The number of aromatic nitrogens is 1. The van der Waals surface area contributed by atoms with Crippen molar-refractivity contribution in [2.75, 3.05) is 6.61 Å². The maximum atomic E-state index is 13.3. The van der Waals surface area contributed by atoms with Crippen molar-refractivity contribution in [2.45, 2.75) is 32.4 Å². The van der Waals surface area contributed by atoms with Crippen LogP contribution in [-0.2, 0) is 6.42 Å². The van der Waals surface area contributed by atoms with E-state index in [1.54, 1.807) is 36.4 Å². The van der Waals surface area contributed by atoms with E-state index in [-0.39, 0.29) is 18.6 Å². The Labute approximate surface area is 220 Å². The normalized spacial score (nSPS) is 11.7. The van der Waals surface area contributed by atoms with Gasteiger partial charge in [0.1, 0.15) is 5.75 Å². The Kier molecular flexibility index (Phi) is 8.22. The smallest absolute Gasteiger partial charge is 0.255 e. The highest BCUT2D eigenvalue weighted by molar-refractivity contribution is 6.36. The van der Waals surface area contributed by atoms with Gasteiger partial charge < -0.3 is 20.1 Å². The lowest BCUT2D eigenvalue weighted by Crippen LogP contribution is -2.39. The van der Waals surface area contributed by atoms with E-state index in [2.05, 4.69) is 22.1 Å². The van der Waals surface area contributed by atoms with Gasteiger partial charge in [-0.2, -0.15) is 0 Å². The molecule has 1 aromatic heterocycles. The van der Waals surface area contributed by atoms with Gasteiger partial charge >= 0.3 is 0 Å². The molecule has 0 aliphatic heterocycles. The zero-order valence-electron chi connectivity index (χ0n) is 19.9. The molecule has 184 valence electrons. The topological polar surface area (TPSA) is 74.3 Å². The lowest BCUT2D eigenvalue weighted by atomic mass is 10.0. The summed E-state index contributed by atoms with van der Waals surface area (Å²) in [7, 11) is 0. The fourth-order valence-electron chi connectivity index (χ4n) is 3.88. The van der Waals surface area contributed by atoms with Gasteiger partial charge in [-0.15, -0.1) is 0 Å². The molecule has 4 rings (SSSR count). The number of hydrogen-bond donors (Lipinski definition) is 3. The first-order chi connectivity index (χ1) is 17.4. The second kappa shape index (κ2) is 11.5. The monoisotopic (exact) mass is 520 g/mol. The number of nitrogens with one attached hydrogen (secondary N) is 2. The largest absolute Gasteiger partial charge is 0.490 e. The summed E-state index contributed by atoms with van der Waals surface area (Å²) in [5, 5.41) is 14.9. The number of amides is 1. The fourth-order valence-corrected chi connectivity index (χ4v) is 4.38. The van der Waals surface area contributed by atoms with Crippen LogP contribution in [0.4, 0.5) is 0 Å². The van der Waals surface area contributed by atoms with E-state index in [4.69, 9.17) is 27.9 Å². The molecule has 0 aliphatic rings. The van der Waals surface area contributed by atoms with Gasteiger partial charge in [0, 0.05) is 22.7 Å². The minimum absolute atomic E-state index is 0.129. The van der Waals surface area contributed by atoms with Crippen LogP contribution in [0.5, 0.6) is 5.75 Å². The molecule has 3 N–H and O–H groups in total. The second-order valence-corrected chi connectivity index (χ2v) is 9.46. The van der Waals surface area contributed by atoms with Crippen molar-refractivity contribution < 1.29 is 14.6 Å². The molecule has 4 aromatic rings. The maximum Gasteiger partial charge on any atom is 0.255 e. The third-order valence-corrected chi connectivity index (χ3v) is 6.21. The van der Waals surface area contributed by atoms with Crippen molar-refractivity contribution in [3.05, 3.63) is 99.2 Å². The Bertz CT molecular complexity index is 1430. The number of fused-ring (bicyclic) bond motifs is 1. The number of aliphatic hydroxyl groups excluding tert-OH is 1. The molecule has 0 unspecified atom stereocenters. The molecule has 3 aromatic carbocycles. The van der Waals surface area contributed by atoms with Gasteiger partial charge in [-0.1, -0.05) is 59.3 Å². The third-order valence-electron chi connectivity index (χ3n) is 5.58. The lowest BCUT2D eigenvalue weighted by molar-refractivity contribution is 0.0910. The van der Waals surface area contributed by atoms with Gasteiger partial charge in [0.15, 0.2) is 0 Å². The molecule has 5 nitrogen and oxygen atoms in total. The van der Waals surface area contributed by atoms with Crippen molar-refractivity contribution >= 4 is 40.0 Å². The summed E-state index contributed by atoms with van der Waals surface area (Å²) in [5.41, 5.74) is 3.48. The van der Waals surface area contributed by atoms with Gasteiger partial charge in [-0.25, -0.2) is 0 Å². The Hall–Kier alpha value is -3.43. The maximum absolute atomic E-state index is 13.3. The van der Waals surface area contributed by atoms with E-state index in [0.717, 1.165) is 16.5 Å². The summed E-state index contributed by atoms with van der Waals surface area (Å²) >= 11 is 12.5. The van der Waals surface area contributed by atoms with Crippen LogP contribution >= 0.6 is 23.2 Å². The van der Waals surface area contributed by atoms with E-state index in [1.807, 2.05) is 44.3 Å².